The van der Waals surface area contributed by atoms with Crippen molar-refractivity contribution in [2.24, 2.45) is 17.3 Å². The first-order chi connectivity index (χ1) is 7.91. The van der Waals surface area contributed by atoms with Crippen LogP contribution in [0, 0.1) is 17.3 Å². The zero-order valence-electron chi connectivity index (χ0n) is 12.0. The van der Waals surface area contributed by atoms with Crippen LogP contribution in [0.25, 0.3) is 0 Å². The molecule has 0 aromatic heterocycles. The highest BCUT2D eigenvalue weighted by Crippen LogP contribution is 2.45. The molecule has 2 fully saturated rings. The molecular formula is C15H29NS. The van der Waals surface area contributed by atoms with Gasteiger partial charge in [0, 0.05) is 0 Å². The zero-order chi connectivity index (χ0) is 12.5. The Hall–Kier alpha value is 0.310. The Labute approximate surface area is 112 Å². The summed E-state index contributed by atoms with van der Waals surface area (Å²) in [4.78, 5) is 0.437. The van der Waals surface area contributed by atoms with Gasteiger partial charge in [-0.1, -0.05) is 34.1 Å². The van der Waals surface area contributed by atoms with Crippen LogP contribution >= 0.6 is 11.8 Å². The SMILES string of the molecule is CC1CNC2(CCCC(C(C)(C)C)CC2)SC1. The molecule has 1 spiro atoms. The number of hydrogen-bond donors (Lipinski definition) is 1. The van der Waals surface area contributed by atoms with Crippen LogP contribution in [0.15, 0.2) is 0 Å². The predicted molar refractivity (Wildman–Crippen MR) is 78.4 cm³/mol. The largest absolute Gasteiger partial charge is 0.303 e. The van der Waals surface area contributed by atoms with Gasteiger partial charge in [0.05, 0.1) is 4.87 Å². The second kappa shape index (κ2) is 5.13. The van der Waals surface area contributed by atoms with Crippen molar-refractivity contribution in [3.8, 4) is 0 Å². The molecule has 0 aromatic carbocycles. The summed E-state index contributed by atoms with van der Waals surface area (Å²) in [6, 6.07) is 0. The Morgan fingerprint density at radius 3 is 2.53 bits per heavy atom. The van der Waals surface area contributed by atoms with Crippen molar-refractivity contribution in [2.45, 2.75) is 64.7 Å². The van der Waals surface area contributed by atoms with Crippen molar-refractivity contribution in [1.82, 2.24) is 5.32 Å². The average molecular weight is 255 g/mol. The van der Waals surface area contributed by atoms with Gasteiger partial charge in [0.25, 0.3) is 0 Å². The zero-order valence-corrected chi connectivity index (χ0v) is 12.8. The molecule has 1 heterocycles. The topological polar surface area (TPSA) is 12.0 Å². The van der Waals surface area contributed by atoms with E-state index < -0.39 is 0 Å². The molecule has 1 saturated heterocycles. The first-order valence-electron chi connectivity index (χ1n) is 7.30. The van der Waals surface area contributed by atoms with Crippen LogP contribution in [0.4, 0.5) is 0 Å². The molecule has 100 valence electrons. The Bertz CT molecular complexity index is 248. The van der Waals surface area contributed by atoms with Crippen molar-refractivity contribution < 1.29 is 0 Å². The van der Waals surface area contributed by atoms with E-state index in [0.29, 0.717) is 10.3 Å². The van der Waals surface area contributed by atoms with E-state index in [9.17, 15) is 0 Å². The maximum absolute atomic E-state index is 3.86. The summed E-state index contributed by atoms with van der Waals surface area (Å²) in [5, 5.41) is 3.86. The van der Waals surface area contributed by atoms with Crippen LogP contribution in [0.3, 0.4) is 0 Å². The normalized spacial score (nSPS) is 40.2. The van der Waals surface area contributed by atoms with E-state index >= 15 is 0 Å². The van der Waals surface area contributed by atoms with Gasteiger partial charge in [0.15, 0.2) is 0 Å². The van der Waals surface area contributed by atoms with Crippen molar-refractivity contribution in [3.05, 3.63) is 0 Å². The molecule has 1 N–H and O–H groups in total. The summed E-state index contributed by atoms with van der Waals surface area (Å²) in [7, 11) is 0. The highest BCUT2D eigenvalue weighted by atomic mass is 32.2. The second-order valence-electron chi connectivity index (χ2n) is 7.29. The van der Waals surface area contributed by atoms with Gasteiger partial charge in [-0.2, -0.15) is 0 Å². The van der Waals surface area contributed by atoms with Gasteiger partial charge in [0.1, 0.15) is 0 Å². The molecule has 2 rings (SSSR count). The standard InChI is InChI=1S/C15H29NS/c1-12-10-16-15(17-11-12)8-5-6-13(7-9-15)14(2,3)4/h12-13,16H,5-11H2,1-4H3. The van der Waals surface area contributed by atoms with Gasteiger partial charge < -0.3 is 5.32 Å². The molecule has 2 aliphatic rings. The van der Waals surface area contributed by atoms with E-state index in [-0.39, 0.29) is 0 Å². The third kappa shape index (κ3) is 3.41. The van der Waals surface area contributed by atoms with Gasteiger partial charge in [0.2, 0.25) is 0 Å². The number of hydrogen-bond acceptors (Lipinski definition) is 2. The lowest BCUT2D eigenvalue weighted by molar-refractivity contribution is 0.212. The second-order valence-corrected chi connectivity index (χ2v) is 8.69. The van der Waals surface area contributed by atoms with E-state index in [2.05, 4.69) is 44.8 Å². The van der Waals surface area contributed by atoms with Crippen LogP contribution in [-0.2, 0) is 0 Å². The fourth-order valence-corrected chi connectivity index (χ4v) is 4.73. The monoisotopic (exact) mass is 255 g/mol. The maximum Gasteiger partial charge on any atom is 0.0645 e. The minimum absolute atomic E-state index is 0.437. The Kier molecular flexibility index (Phi) is 4.14. The van der Waals surface area contributed by atoms with Crippen LogP contribution in [0.1, 0.15) is 59.8 Å². The highest BCUT2D eigenvalue weighted by Gasteiger charge is 2.38. The Morgan fingerprint density at radius 2 is 1.94 bits per heavy atom. The van der Waals surface area contributed by atoms with Gasteiger partial charge >= 0.3 is 0 Å². The van der Waals surface area contributed by atoms with Crippen LogP contribution in [0.2, 0.25) is 0 Å². The lowest BCUT2D eigenvalue weighted by atomic mass is 9.76. The fourth-order valence-electron chi connectivity index (χ4n) is 3.27. The molecule has 0 amide bonds. The molecule has 3 atom stereocenters. The van der Waals surface area contributed by atoms with E-state index in [1.807, 2.05) is 0 Å². The Balaban J connectivity index is 1.96. The average Bonchev–Trinajstić information content (AvgIpc) is 2.45. The fraction of sp³-hybridized carbons (Fsp3) is 1.00. The molecule has 1 nitrogen and oxygen atoms in total. The van der Waals surface area contributed by atoms with Crippen LogP contribution < -0.4 is 5.32 Å². The van der Waals surface area contributed by atoms with Gasteiger partial charge in [-0.3, -0.25) is 0 Å². The van der Waals surface area contributed by atoms with E-state index in [4.69, 9.17) is 0 Å². The number of rotatable bonds is 0. The van der Waals surface area contributed by atoms with Gasteiger partial charge in [-0.15, -0.1) is 11.8 Å². The summed E-state index contributed by atoms with van der Waals surface area (Å²) in [5.41, 5.74) is 0.498. The van der Waals surface area contributed by atoms with Crippen molar-refractivity contribution in [1.29, 1.82) is 0 Å². The molecular weight excluding hydrogens is 226 g/mol. The first kappa shape index (κ1) is 13.7. The molecule has 3 unspecified atom stereocenters. The summed E-state index contributed by atoms with van der Waals surface area (Å²) in [6.45, 7) is 10.8. The molecule has 1 saturated carbocycles. The minimum Gasteiger partial charge on any atom is -0.303 e. The van der Waals surface area contributed by atoms with Crippen molar-refractivity contribution >= 4 is 11.8 Å². The lowest BCUT2D eigenvalue weighted by Crippen LogP contribution is -2.48. The number of thioether (sulfide) groups is 1. The number of nitrogens with one attached hydrogen (secondary N) is 1. The third-order valence-corrected chi connectivity index (χ3v) is 6.51. The maximum atomic E-state index is 3.86. The third-order valence-electron chi connectivity index (χ3n) is 4.67. The van der Waals surface area contributed by atoms with Gasteiger partial charge in [-0.05, 0) is 55.2 Å². The summed E-state index contributed by atoms with van der Waals surface area (Å²) in [5.74, 6) is 3.13. The lowest BCUT2D eigenvalue weighted by Gasteiger charge is -2.40. The van der Waals surface area contributed by atoms with Crippen molar-refractivity contribution in [3.63, 3.8) is 0 Å². The first-order valence-corrected chi connectivity index (χ1v) is 8.29. The minimum atomic E-state index is 0.437. The molecule has 0 radical (unpaired) electrons. The van der Waals surface area contributed by atoms with Crippen LogP contribution in [-0.4, -0.2) is 17.2 Å². The summed E-state index contributed by atoms with van der Waals surface area (Å²) < 4.78 is 0. The molecule has 0 bridgehead atoms. The summed E-state index contributed by atoms with van der Waals surface area (Å²) in [6.07, 6.45) is 7.03. The molecule has 1 aliphatic carbocycles. The quantitative estimate of drug-likeness (QED) is 0.693. The van der Waals surface area contributed by atoms with Crippen LogP contribution in [0.5, 0.6) is 0 Å². The highest BCUT2D eigenvalue weighted by molar-refractivity contribution is 8.00. The van der Waals surface area contributed by atoms with E-state index in [1.54, 1.807) is 0 Å². The molecule has 1 aliphatic heterocycles. The predicted octanol–water partition coefficient (Wildman–Crippen LogP) is 4.28. The smallest absolute Gasteiger partial charge is 0.0645 e. The Morgan fingerprint density at radius 1 is 1.18 bits per heavy atom. The molecule has 17 heavy (non-hydrogen) atoms. The molecule has 0 aromatic rings. The molecule has 2 heteroatoms. The van der Waals surface area contributed by atoms with E-state index in [1.165, 1.54) is 44.4 Å². The van der Waals surface area contributed by atoms with E-state index in [0.717, 1.165) is 11.8 Å². The van der Waals surface area contributed by atoms with Crippen molar-refractivity contribution in [2.75, 3.05) is 12.3 Å². The summed E-state index contributed by atoms with van der Waals surface area (Å²) >= 11 is 2.21. The van der Waals surface area contributed by atoms with Gasteiger partial charge in [-0.25, -0.2) is 0 Å².